The lowest BCUT2D eigenvalue weighted by Gasteiger charge is -1.64. The molecule has 0 saturated heterocycles. The maximum atomic E-state index is 9.25. The van der Waals surface area contributed by atoms with Crippen LogP contribution in [0.15, 0.2) is 12.7 Å². The minimum Gasteiger partial charge on any atom is -0.478 e. The molecule has 0 saturated carbocycles. The fraction of sp³-hybridized carbons (Fsp3) is 0. The maximum Gasteiger partial charge on any atom is 0.327 e. The van der Waals surface area contributed by atoms with Gasteiger partial charge in [0, 0.05) is 6.08 Å². The number of rotatable bonds is 1. The van der Waals surface area contributed by atoms with E-state index in [0.717, 1.165) is 6.08 Å². The van der Waals surface area contributed by atoms with Crippen molar-refractivity contribution in [2.45, 2.75) is 0 Å². The topological polar surface area (TPSA) is 77.8 Å². The van der Waals surface area contributed by atoms with Crippen LogP contribution in [0.3, 0.4) is 0 Å². The van der Waals surface area contributed by atoms with Gasteiger partial charge in [-0.3, -0.25) is 10.5 Å². The van der Waals surface area contributed by atoms with Gasteiger partial charge in [0.15, 0.2) is 0 Å². The fourth-order valence-corrected chi connectivity index (χ4v) is 0. The van der Waals surface area contributed by atoms with Crippen LogP contribution < -0.4 is 0 Å². The molecular formula is C3H6O4. The molecule has 0 atom stereocenters. The highest BCUT2D eigenvalue weighted by Gasteiger charge is 1.73. The Morgan fingerprint density at radius 2 is 1.71 bits per heavy atom. The second-order valence-electron chi connectivity index (χ2n) is 0.542. The molecule has 0 amide bonds. The minimum atomic E-state index is -0.981. The van der Waals surface area contributed by atoms with Crippen LogP contribution in [-0.2, 0) is 4.79 Å². The van der Waals surface area contributed by atoms with E-state index in [4.69, 9.17) is 15.6 Å². The SMILES string of the molecule is C=CC(=O)O.OO. The van der Waals surface area contributed by atoms with Crippen molar-refractivity contribution >= 4 is 5.97 Å². The lowest BCUT2D eigenvalue weighted by molar-refractivity contribution is -0.176. The van der Waals surface area contributed by atoms with Crippen molar-refractivity contribution in [3.8, 4) is 0 Å². The van der Waals surface area contributed by atoms with Crippen LogP contribution in [0.25, 0.3) is 0 Å². The molecule has 0 aromatic carbocycles. The Morgan fingerprint density at radius 1 is 1.57 bits per heavy atom. The van der Waals surface area contributed by atoms with Crippen molar-refractivity contribution in [1.82, 2.24) is 0 Å². The summed E-state index contributed by atoms with van der Waals surface area (Å²) in [4.78, 5) is 9.25. The predicted octanol–water partition coefficient (Wildman–Crippen LogP) is 0.274. The molecule has 42 valence electrons. The Hall–Kier alpha value is -0.870. The molecule has 4 nitrogen and oxygen atoms in total. The smallest absolute Gasteiger partial charge is 0.327 e. The quantitative estimate of drug-likeness (QED) is 0.255. The molecule has 0 aromatic heterocycles. The van der Waals surface area contributed by atoms with Crippen molar-refractivity contribution in [3.63, 3.8) is 0 Å². The van der Waals surface area contributed by atoms with Crippen LogP contribution >= 0.6 is 0 Å². The van der Waals surface area contributed by atoms with Crippen LogP contribution in [0.4, 0.5) is 0 Å². The van der Waals surface area contributed by atoms with Crippen LogP contribution in [-0.4, -0.2) is 21.6 Å². The summed E-state index contributed by atoms with van der Waals surface area (Å²) in [6, 6.07) is 0. The van der Waals surface area contributed by atoms with E-state index in [2.05, 4.69) is 6.58 Å². The lowest BCUT2D eigenvalue weighted by Crippen LogP contribution is -1.82. The highest BCUT2D eigenvalue weighted by molar-refractivity contribution is 5.78. The normalized spacial score (nSPS) is 5.43. The third kappa shape index (κ3) is 39.4. The number of hydrogen-bond acceptors (Lipinski definition) is 3. The largest absolute Gasteiger partial charge is 0.478 e. The molecule has 0 heterocycles. The van der Waals surface area contributed by atoms with E-state index < -0.39 is 5.97 Å². The molecule has 0 aliphatic rings. The third-order valence-electron chi connectivity index (χ3n) is 0.175. The molecule has 0 spiro atoms. The third-order valence-corrected chi connectivity index (χ3v) is 0.175. The van der Waals surface area contributed by atoms with Gasteiger partial charge in [0.05, 0.1) is 0 Å². The highest BCUT2D eigenvalue weighted by atomic mass is 17.0. The molecular weight excluding hydrogens is 100 g/mol. The summed E-state index contributed by atoms with van der Waals surface area (Å²) in [6.45, 7) is 2.96. The minimum absolute atomic E-state index is 0.833. The van der Waals surface area contributed by atoms with Crippen molar-refractivity contribution in [2.24, 2.45) is 0 Å². The second-order valence-corrected chi connectivity index (χ2v) is 0.542. The van der Waals surface area contributed by atoms with Gasteiger partial charge in [-0.2, -0.15) is 0 Å². The molecule has 0 fully saturated rings. The van der Waals surface area contributed by atoms with Gasteiger partial charge in [0.25, 0.3) is 0 Å². The molecule has 0 aliphatic carbocycles. The van der Waals surface area contributed by atoms with E-state index in [1.54, 1.807) is 0 Å². The summed E-state index contributed by atoms with van der Waals surface area (Å²) in [6.07, 6.45) is 0.833. The average Bonchev–Trinajstić information content (AvgIpc) is 1.73. The fourth-order valence-electron chi connectivity index (χ4n) is 0. The van der Waals surface area contributed by atoms with Gasteiger partial charge >= 0.3 is 5.97 Å². The summed E-state index contributed by atoms with van der Waals surface area (Å²) in [5.41, 5.74) is 0. The van der Waals surface area contributed by atoms with Crippen molar-refractivity contribution < 1.29 is 20.4 Å². The van der Waals surface area contributed by atoms with Crippen molar-refractivity contribution in [2.75, 3.05) is 0 Å². The Labute approximate surface area is 40.3 Å². The van der Waals surface area contributed by atoms with Gasteiger partial charge in [-0.05, 0) is 0 Å². The molecule has 0 radical (unpaired) electrons. The van der Waals surface area contributed by atoms with Gasteiger partial charge in [0.1, 0.15) is 0 Å². The summed E-state index contributed by atoms with van der Waals surface area (Å²) < 4.78 is 0. The molecule has 0 aliphatic heterocycles. The Balaban J connectivity index is 0. The summed E-state index contributed by atoms with van der Waals surface area (Å²) >= 11 is 0. The summed E-state index contributed by atoms with van der Waals surface area (Å²) in [5, 5.41) is 19.6. The molecule has 0 rings (SSSR count). The predicted molar refractivity (Wildman–Crippen MR) is 23.1 cm³/mol. The van der Waals surface area contributed by atoms with E-state index in [-0.39, 0.29) is 0 Å². The first-order valence-corrected chi connectivity index (χ1v) is 1.32. The van der Waals surface area contributed by atoms with Crippen LogP contribution in [0.5, 0.6) is 0 Å². The standard InChI is InChI=1S/C3H4O2.H2O2/c1-2-3(4)5;1-2/h2H,1H2,(H,4,5);1-2H. The molecule has 7 heavy (non-hydrogen) atoms. The Morgan fingerprint density at radius 3 is 1.71 bits per heavy atom. The van der Waals surface area contributed by atoms with Crippen molar-refractivity contribution in [1.29, 1.82) is 0 Å². The molecule has 3 N–H and O–H groups in total. The van der Waals surface area contributed by atoms with E-state index in [9.17, 15) is 4.79 Å². The van der Waals surface area contributed by atoms with Crippen molar-refractivity contribution in [3.05, 3.63) is 12.7 Å². The zero-order valence-electron chi connectivity index (χ0n) is 3.53. The van der Waals surface area contributed by atoms with Crippen LogP contribution in [0.2, 0.25) is 0 Å². The second kappa shape index (κ2) is 8.93. The number of carboxylic acids is 1. The van der Waals surface area contributed by atoms with Gasteiger partial charge in [0.2, 0.25) is 0 Å². The van der Waals surface area contributed by atoms with Gasteiger partial charge in [-0.25, -0.2) is 4.79 Å². The maximum absolute atomic E-state index is 9.25. The number of carbonyl (C=O) groups is 1. The van der Waals surface area contributed by atoms with Crippen LogP contribution in [0.1, 0.15) is 0 Å². The van der Waals surface area contributed by atoms with Gasteiger partial charge in [-0.1, -0.05) is 6.58 Å². The average molecular weight is 106 g/mol. The molecule has 0 aromatic rings. The van der Waals surface area contributed by atoms with Crippen LogP contribution in [0, 0.1) is 0 Å². The first-order valence-electron chi connectivity index (χ1n) is 1.32. The number of aliphatic carboxylic acids is 1. The van der Waals surface area contributed by atoms with E-state index in [0.29, 0.717) is 0 Å². The molecule has 4 heteroatoms. The molecule has 0 unspecified atom stereocenters. The van der Waals surface area contributed by atoms with E-state index >= 15 is 0 Å². The first-order chi connectivity index (χ1) is 3.27. The zero-order valence-corrected chi connectivity index (χ0v) is 3.53. The Kier molecular flexibility index (Phi) is 12.1. The lowest BCUT2D eigenvalue weighted by atomic mass is 10.7. The summed E-state index contributed by atoms with van der Waals surface area (Å²) in [5.74, 6) is -0.981. The van der Waals surface area contributed by atoms with E-state index in [1.165, 1.54) is 0 Å². The first kappa shape index (κ1) is 9.46. The van der Waals surface area contributed by atoms with Gasteiger partial charge < -0.3 is 5.11 Å². The highest BCUT2D eigenvalue weighted by Crippen LogP contribution is 1.54. The molecule has 0 bridgehead atoms. The van der Waals surface area contributed by atoms with E-state index in [1.807, 2.05) is 0 Å². The zero-order chi connectivity index (χ0) is 6.28. The number of carboxylic acid groups (broad SMARTS) is 1. The Bertz CT molecular complexity index is 58.0. The van der Waals surface area contributed by atoms with Gasteiger partial charge in [-0.15, -0.1) is 0 Å². The monoisotopic (exact) mass is 106 g/mol. The number of hydrogen-bond donors (Lipinski definition) is 3. The summed E-state index contributed by atoms with van der Waals surface area (Å²) in [7, 11) is 0.